The zero-order valence-electron chi connectivity index (χ0n) is 14.2. The van der Waals surface area contributed by atoms with Gasteiger partial charge in [0.2, 0.25) is 0 Å². The largest absolute Gasteiger partial charge is 0.494 e. The average Bonchev–Trinajstić information content (AvgIpc) is 3.16. The Kier molecular flexibility index (Phi) is 3.63. The zero-order valence-corrected chi connectivity index (χ0v) is 14.2. The highest BCUT2D eigenvalue weighted by molar-refractivity contribution is 6.29. The lowest BCUT2D eigenvalue weighted by Crippen LogP contribution is -2.02. The molecule has 6 nitrogen and oxygen atoms in total. The highest BCUT2D eigenvalue weighted by atomic mass is 16.3. The van der Waals surface area contributed by atoms with Crippen LogP contribution >= 0.6 is 0 Å². The number of nitrogens with zero attached hydrogens (tertiary/aromatic N) is 3. The predicted molar refractivity (Wildman–Crippen MR) is 97.2 cm³/mol. The van der Waals surface area contributed by atoms with Crippen molar-refractivity contribution in [3.63, 3.8) is 0 Å². The maximum absolute atomic E-state index is 12.5. The summed E-state index contributed by atoms with van der Waals surface area (Å²) in [5.41, 5.74) is 4.30. The molecule has 0 saturated carbocycles. The Balaban J connectivity index is 1.82. The first-order valence-corrected chi connectivity index (χ1v) is 7.99. The van der Waals surface area contributed by atoms with Crippen molar-refractivity contribution >= 4 is 11.6 Å². The molecule has 0 atom stereocenters. The third-order valence-corrected chi connectivity index (χ3v) is 4.09. The van der Waals surface area contributed by atoms with Crippen molar-refractivity contribution in [2.75, 3.05) is 0 Å². The number of nitrogens with one attached hydrogen (secondary N) is 1. The van der Waals surface area contributed by atoms with Gasteiger partial charge in [-0.15, -0.1) is 5.92 Å². The zero-order chi connectivity index (χ0) is 18.3. The van der Waals surface area contributed by atoms with E-state index in [9.17, 15) is 9.90 Å². The van der Waals surface area contributed by atoms with E-state index in [4.69, 9.17) is 0 Å². The second-order valence-corrected chi connectivity index (χ2v) is 5.89. The van der Waals surface area contributed by atoms with Crippen molar-refractivity contribution in [2.24, 2.45) is 4.99 Å². The third-order valence-electron chi connectivity index (χ3n) is 4.09. The molecule has 126 valence electrons. The van der Waals surface area contributed by atoms with Gasteiger partial charge in [0, 0.05) is 18.0 Å². The van der Waals surface area contributed by atoms with E-state index in [1.54, 1.807) is 31.5 Å². The van der Waals surface area contributed by atoms with Gasteiger partial charge in [-0.3, -0.25) is 14.8 Å². The Hall–Kier alpha value is -3.72. The van der Waals surface area contributed by atoms with Gasteiger partial charge in [-0.1, -0.05) is 12.0 Å². The summed E-state index contributed by atoms with van der Waals surface area (Å²) < 4.78 is 0. The highest BCUT2D eigenvalue weighted by Crippen LogP contribution is 2.36. The highest BCUT2D eigenvalue weighted by Gasteiger charge is 2.34. The maximum Gasteiger partial charge on any atom is 0.280 e. The van der Waals surface area contributed by atoms with E-state index in [0.29, 0.717) is 33.9 Å². The molecule has 0 spiro atoms. The Labute approximate surface area is 149 Å². The summed E-state index contributed by atoms with van der Waals surface area (Å²) in [5.74, 6) is 5.17. The lowest BCUT2D eigenvalue weighted by atomic mass is 10.0. The first-order valence-electron chi connectivity index (χ1n) is 7.99. The Morgan fingerprint density at radius 3 is 2.46 bits per heavy atom. The number of hydrogen-bond acceptors (Lipinski definition) is 4. The fraction of sp³-hybridized carbons (Fsp3) is 0.100. The van der Waals surface area contributed by atoms with E-state index < -0.39 is 5.91 Å². The van der Waals surface area contributed by atoms with E-state index in [1.807, 2.05) is 19.1 Å². The number of aromatic amines is 1. The number of fused-ring (bicyclic) bond motifs is 1. The maximum atomic E-state index is 12.5. The smallest absolute Gasteiger partial charge is 0.280 e. The van der Waals surface area contributed by atoms with Crippen LogP contribution < -0.4 is 0 Å². The molecule has 0 aliphatic carbocycles. The number of aliphatic imine (C=N–C) groups is 1. The van der Waals surface area contributed by atoms with Gasteiger partial charge in [0.05, 0.1) is 28.2 Å². The minimum absolute atomic E-state index is 0.124. The minimum Gasteiger partial charge on any atom is -0.494 e. The average molecular weight is 342 g/mol. The van der Waals surface area contributed by atoms with E-state index in [-0.39, 0.29) is 5.88 Å². The minimum atomic E-state index is -0.428. The van der Waals surface area contributed by atoms with Gasteiger partial charge >= 0.3 is 0 Å². The molecule has 3 aromatic rings. The van der Waals surface area contributed by atoms with Crippen molar-refractivity contribution in [3.05, 3.63) is 64.6 Å². The lowest BCUT2D eigenvalue weighted by Gasteiger charge is -2.00. The van der Waals surface area contributed by atoms with Gasteiger partial charge in [-0.2, -0.15) is 0 Å². The quantitative estimate of drug-likeness (QED) is 0.701. The van der Waals surface area contributed by atoms with Gasteiger partial charge in [-0.05, 0) is 37.6 Å². The SMILES string of the molecule is CC#Cc1ccc(-c2[nH]c(O)c3c2C(=O)N=C3c2ccc(C)cn2)nc1. The second-order valence-electron chi connectivity index (χ2n) is 5.89. The van der Waals surface area contributed by atoms with Gasteiger partial charge < -0.3 is 10.1 Å². The number of pyridine rings is 2. The molecule has 6 heteroatoms. The molecule has 26 heavy (non-hydrogen) atoms. The van der Waals surface area contributed by atoms with Crippen LogP contribution in [0.5, 0.6) is 5.88 Å². The molecule has 3 aromatic heterocycles. The van der Waals surface area contributed by atoms with Crippen molar-refractivity contribution in [1.82, 2.24) is 15.0 Å². The second kappa shape index (κ2) is 5.97. The molecule has 0 fully saturated rings. The van der Waals surface area contributed by atoms with Crippen LogP contribution in [-0.4, -0.2) is 31.7 Å². The summed E-state index contributed by atoms with van der Waals surface area (Å²) in [4.78, 5) is 28.1. The Morgan fingerprint density at radius 1 is 1.04 bits per heavy atom. The van der Waals surface area contributed by atoms with Crippen LogP contribution in [0.2, 0.25) is 0 Å². The standard InChI is InChI=1S/C20H14N4O2/c1-3-4-12-6-8-14(22-10-12)18-16-15(19(25)24-18)17(23-20(16)26)13-7-5-11(2)9-21-13/h5-10,24-25H,1-2H3. The van der Waals surface area contributed by atoms with E-state index in [2.05, 4.69) is 31.8 Å². The monoisotopic (exact) mass is 342 g/mol. The molecule has 0 aromatic carbocycles. The summed E-state index contributed by atoms with van der Waals surface area (Å²) in [5, 5.41) is 10.4. The van der Waals surface area contributed by atoms with Crippen molar-refractivity contribution in [1.29, 1.82) is 0 Å². The Bertz CT molecular complexity index is 1110. The molecular weight excluding hydrogens is 328 g/mol. The van der Waals surface area contributed by atoms with Crippen molar-refractivity contribution in [3.8, 4) is 29.1 Å². The molecule has 0 radical (unpaired) electrons. The summed E-state index contributed by atoms with van der Waals surface area (Å²) in [6.07, 6.45) is 3.32. The first-order chi connectivity index (χ1) is 12.6. The van der Waals surface area contributed by atoms with Crippen LogP contribution in [0, 0.1) is 18.8 Å². The van der Waals surface area contributed by atoms with Gasteiger partial charge in [-0.25, -0.2) is 4.99 Å². The topological polar surface area (TPSA) is 91.2 Å². The molecule has 1 amide bonds. The lowest BCUT2D eigenvalue weighted by molar-refractivity contribution is 0.101. The fourth-order valence-electron chi connectivity index (χ4n) is 2.89. The summed E-state index contributed by atoms with van der Waals surface area (Å²) in [6.45, 7) is 3.67. The first kappa shape index (κ1) is 15.8. The number of rotatable bonds is 2. The molecule has 2 N–H and O–H groups in total. The van der Waals surface area contributed by atoms with E-state index in [0.717, 1.165) is 11.1 Å². The van der Waals surface area contributed by atoms with E-state index >= 15 is 0 Å². The molecule has 4 heterocycles. The normalized spacial score (nSPS) is 12.4. The summed E-state index contributed by atoms with van der Waals surface area (Å²) in [6, 6.07) is 7.22. The number of H-pyrrole nitrogens is 1. The molecule has 0 saturated heterocycles. The molecule has 0 bridgehead atoms. The molecule has 4 rings (SSSR count). The number of aromatic nitrogens is 3. The van der Waals surface area contributed by atoms with Crippen molar-refractivity contribution in [2.45, 2.75) is 13.8 Å². The van der Waals surface area contributed by atoms with E-state index in [1.165, 1.54) is 0 Å². The van der Waals surface area contributed by atoms with Gasteiger partial charge in [0.25, 0.3) is 5.91 Å². The van der Waals surface area contributed by atoms with Crippen LogP contribution in [0.4, 0.5) is 0 Å². The van der Waals surface area contributed by atoms with Gasteiger partial charge in [0.1, 0.15) is 5.71 Å². The number of amides is 1. The van der Waals surface area contributed by atoms with Gasteiger partial charge in [0.15, 0.2) is 5.88 Å². The number of aromatic hydroxyl groups is 1. The molecule has 1 aliphatic heterocycles. The van der Waals surface area contributed by atoms with Crippen LogP contribution in [0.25, 0.3) is 11.4 Å². The molecule has 1 aliphatic rings. The predicted octanol–water partition coefficient (Wildman–Crippen LogP) is 2.85. The molecular formula is C20H14N4O2. The number of aryl methyl sites for hydroxylation is 1. The number of carbonyl (C=O) groups excluding carboxylic acids is 1. The Morgan fingerprint density at radius 2 is 1.81 bits per heavy atom. The number of carbonyl (C=O) groups is 1. The van der Waals surface area contributed by atoms with Crippen LogP contribution in [0.15, 0.2) is 41.7 Å². The van der Waals surface area contributed by atoms with Crippen LogP contribution in [0.1, 0.15) is 39.7 Å². The van der Waals surface area contributed by atoms with Crippen molar-refractivity contribution < 1.29 is 9.90 Å². The fourth-order valence-corrected chi connectivity index (χ4v) is 2.89. The van der Waals surface area contributed by atoms with Crippen LogP contribution in [-0.2, 0) is 0 Å². The van der Waals surface area contributed by atoms with Crippen LogP contribution in [0.3, 0.4) is 0 Å². The number of hydrogen-bond donors (Lipinski definition) is 2. The summed E-state index contributed by atoms with van der Waals surface area (Å²) >= 11 is 0. The third kappa shape index (κ3) is 2.47. The summed E-state index contributed by atoms with van der Waals surface area (Å²) in [7, 11) is 0. The molecule has 0 unspecified atom stereocenters.